The Hall–Kier alpha value is -2.49. The van der Waals surface area contributed by atoms with Crippen LogP contribution in [0.5, 0.6) is 0 Å². The topological polar surface area (TPSA) is 161 Å². The second kappa shape index (κ2) is 7.81. The van der Waals surface area contributed by atoms with Crippen LogP contribution >= 0.6 is 0 Å². The maximum absolute atomic E-state index is 12.2. The molecule has 142 valence electrons. The van der Waals surface area contributed by atoms with Crippen molar-refractivity contribution < 1.29 is 34.8 Å². The van der Waals surface area contributed by atoms with Gasteiger partial charge in [0, 0.05) is 19.1 Å². The van der Waals surface area contributed by atoms with Gasteiger partial charge in [0.2, 0.25) is 5.91 Å². The molecule has 1 aromatic rings. The standard InChI is InChI=1S/C13H16N2O.C4H6O6/c14-11-9-15(12(16)13(11)6-7-13)8-10-4-2-1-3-5-10;5-1(3(7)8)2(6)4(9)10/h1-5,11H,6-9,14H2;1-2,5-6H,(H,7,8)(H,9,10)/t11-;1-,2-/m11/s1. The largest absolute Gasteiger partial charge is 0.479 e. The molecule has 0 unspecified atom stereocenters. The number of aliphatic hydroxyl groups is 2. The molecule has 1 amide bonds. The Morgan fingerprint density at radius 2 is 1.62 bits per heavy atom. The molecule has 9 nitrogen and oxygen atoms in total. The van der Waals surface area contributed by atoms with E-state index in [0.29, 0.717) is 13.1 Å². The van der Waals surface area contributed by atoms with Crippen LogP contribution in [0.1, 0.15) is 18.4 Å². The molecule has 2 fully saturated rings. The number of carboxylic acid groups (broad SMARTS) is 2. The summed E-state index contributed by atoms with van der Waals surface area (Å²) in [6, 6.07) is 10.1. The molecular formula is C17H22N2O7. The number of hydrogen-bond donors (Lipinski definition) is 5. The highest BCUT2D eigenvalue weighted by molar-refractivity contribution is 5.88. The minimum absolute atomic E-state index is 0.0451. The fourth-order valence-corrected chi connectivity index (χ4v) is 2.90. The Kier molecular flexibility index (Phi) is 5.96. The van der Waals surface area contributed by atoms with Crippen LogP contribution in [0.4, 0.5) is 0 Å². The van der Waals surface area contributed by atoms with Gasteiger partial charge in [0.05, 0.1) is 5.41 Å². The molecule has 0 radical (unpaired) electrons. The van der Waals surface area contributed by atoms with Crippen molar-refractivity contribution in [2.75, 3.05) is 6.54 Å². The Balaban J connectivity index is 0.000000213. The maximum atomic E-state index is 12.2. The molecule has 3 rings (SSSR count). The first-order valence-corrected chi connectivity index (χ1v) is 8.09. The lowest BCUT2D eigenvalue weighted by atomic mass is 10.0. The van der Waals surface area contributed by atoms with E-state index < -0.39 is 24.1 Å². The van der Waals surface area contributed by atoms with E-state index >= 15 is 0 Å². The first kappa shape index (κ1) is 19.8. The number of hydrogen-bond acceptors (Lipinski definition) is 6. The highest BCUT2D eigenvalue weighted by Crippen LogP contribution is 2.53. The van der Waals surface area contributed by atoms with Crippen LogP contribution in [0.25, 0.3) is 0 Å². The van der Waals surface area contributed by atoms with Gasteiger partial charge >= 0.3 is 11.9 Å². The Morgan fingerprint density at radius 3 is 2.00 bits per heavy atom. The summed E-state index contributed by atoms with van der Waals surface area (Å²) in [6.07, 6.45) is -2.56. The minimum Gasteiger partial charge on any atom is -0.479 e. The first-order chi connectivity index (χ1) is 12.2. The lowest BCUT2D eigenvalue weighted by molar-refractivity contribution is -0.165. The second-order valence-electron chi connectivity index (χ2n) is 6.50. The third-order valence-electron chi connectivity index (χ3n) is 4.65. The van der Waals surface area contributed by atoms with Crippen LogP contribution in [-0.4, -0.2) is 68.0 Å². The zero-order valence-electron chi connectivity index (χ0n) is 14.0. The van der Waals surface area contributed by atoms with Crippen molar-refractivity contribution in [3.8, 4) is 0 Å². The fraction of sp³-hybridized carbons (Fsp3) is 0.471. The van der Waals surface area contributed by atoms with Gasteiger partial charge in [0.25, 0.3) is 0 Å². The van der Waals surface area contributed by atoms with Crippen molar-refractivity contribution in [1.82, 2.24) is 4.90 Å². The van der Waals surface area contributed by atoms with E-state index in [1.165, 1.54) is 5.56 Å². The fourth-order valence-electron chi connectivity index (χ4n) is 2.90. The lowest BCUT2D eigenvalue weighted by Crippen LogP contribution is -2.39. The van der Waals surface area contributed by atoms with Crippen molar-refractivity contribution in [1.29, 1.82) is 0 Å². The van der Waals surface area contributed by atoms with Crippen molar-refractivity contribution in [3.63, 3.8) is 0 Å². The Bertz CT molecular complexity index is 657. The Labute approximate surface area is 149 Å². The van der Waals surface area contributed by atoms with Crippen molar-refractivity contribution in [2.24, 2.45) is 11.1 Å². The van der Waals surface area contributed by atoms with Crippen LogP contribution in [-0.2, 0) is 20.9 Å². The number of carbonyl (C=O) groups excluding carboxylic acids is 1. The zero-order chi connectivity index (χ0) is 19.5. The van der Waals surface area contributed by atoms with Crippen molar-refractivity contribution >= 4 is 17.8 Å². The van der Waals surface area contributed by atoms with E-state index in [1.807, 2.05) is 23.1 Å². The summed E-state index contributed by atoms with van der Waals surface area (Å²) in [7, 11) is 0. The zero-order valence-corrected chi connectivity index (χ0v) is 14.0. The molecule has 3 atom stereocenters. The Morgan fingerprint density at radius 1 is 1.12 bits per heavy atom. The first-order valence-electron chi connectivity index (χ1n) is 8.09. The van der Waals surface area contributed by atoms with Crippen LogP contribution in [0.15, 0.2) is 30.3 Å². The van der Waals surface area contributed by atoms with Crippen molar-refractivity contribution in [3.05, 3.63) is 35.9 Å². The number of carboxylic acids is 2. The van der Waals surface area contributed by atoms with Gasteiger partial charge in [-0.2, -0.15) is 0 Å². The highest BCUT2D eigenvalue weighted by Gasteiger charge is 2.60. The number of aliphatic carboxylic acids is 2. The van der Waals surface area contributed by atoms with Crippen LogP contribution in [0, 0.1) is 5.41 Å². The third-order valence-corrected chi connectivity index (χ3v) is 4.65. The summed E-state index contributed by atoms with van der Waals surface area (Å²) < 4.78 is 0. The number of rotatable bonds is 5. The summed E-state index contributed by atoms with van der Waals surface area (Å²) >= 11 is 0. The predicted molar refractivity (Wildman–Crippen MR) is 88.8 cm³/mol. The molecule has 1 aliphatic heterocycles. The smallest absolute Gasteiger partial charge is 0.335 e. The summed E-state index contributed by atoms with van der Waals surface area (Å²) in [5, 5.41) is 32.5. The summed E-state index contributed by atoms with van der Waals surface area (Å²) in [5.41, 5.74) is 7.06. The number of carbonyl (C=O) groups is 3. The van der Waals surface area contributed by atoms with Gasteiger partial charge < -0.3 is 31.1 Å². The van der Waals surface area contributed by atoms with Gasteiger partial charge in [-0.25, -0.2) is 9.59 Å². The van der Waals surface area contributed by atoms with Gasteiger partial charge in [0.15, 0.2) is 12.2 Å². The van der Waals surface area contributed by atoms with Gasteiger partial charge in [-0.3, -0.25) is 4.79 Å². The van der Waals surface area contributed by atoms with Gasteiger partial charge in [0.1, 0.15) is 0 Å². The number of likely N-dealkylation sites (tertiary alicyclic amines) is 1. The van der Waals surface area contributed by atoms with E-state index in [-0.39, 0.29) is 17.4 Å². The molecule has 1 saturated carbocycles. The van der Waals surface area contributed by atoms with Gasteiger partial charge in [-0.1, -0.05) is 30.3 Å². The molecule has 6 N–H and O–H groups in total. The molecule has 0 bridgehead atoms. The summed E-state index contributed by atoms with van der Waals surface area (Å²) in [5.74, 6) is -3.27. The molecule has 1 aromatic carbocycles. The van der Waals surface area contributed by atoms with E-state index in [0.717, 1.165) is 12.8 Å². The molecule has 0 aromatic heterocycles. The second-order valence-corrected chi connectivity index (χ2v) is 6.50. The van der Waals surface area contributed by atoms with E-state index in [1.54, 1.807) is 0 Å². The number of aliphatic hydroxyl groups excluding tert-OH is 2. The summed E-state index contributed by atoms with van der Waals surface area (Å²) in [6.45, 7) is 1.42. The van der Waals surface area contributed by atoms with E-state index in [2.05, 4.69) is 12.1 Å². The molecule has 1 heterocycles. The maximum Gasteiger partial charge on any atom is 0.335 e. The van der Waals surface area contributed by atoms with Crippen LogP contribution < -0.4 is 5.73 Å². The highest BCUT2D eigenvalue weighted by atomic mass is 16.4. The van der Waals surface area contributed by atoms with E-state index in [9.17, 15) is 14.4 Å². The number of nitrogens with zero attached hydrogens (tertiary/aromatic N) is 1. The lowest BCUT2D eigenvalue weighted by Gasteiger charge is -2.16. The average molecular weight is 366 g/mol. The quantitative estimate of drug-likeness (QED) is 0.444. The predicted octanol–water partition coefficient (Wildman–Crippen LogP) is -0.986. The average Bonchev–Trinajstić information content (AvgIpc) is 3.38. The minimum atomic E-state index is -2.27. The van der Waals surface area contributed by atoms with Crippen molar-refractivity contribution in [2.45, 2.75) is 37.6 Å². The summed E-state index contributed by atoms with van der Waals surface area (Å²) in [4.78, 5) is 33.6. The normalized spacial score (nSPS) is 22.3. The van der Waals surface area contributed by atoms with Gasteiger partial charge in [-0.15, -0.1) is 0 Å². The number of nitrogens with two attached hydrogens (primary N) is 1. The number of amides is 1. The molecular weight excluding hydrogens is 344 g/mol. The third kappa shape index (κ3) is 4.18. The molecule has 1 aliphatic carbocycles. The van der Waals surface area contributed by atoms with Crippen LogP contribution in [0.2, 0.25) is 0 Å². The van der Waals surface area contributed by atoms with E-state index in [4.69, 9.17) is 26.2 Å². The molecule has 9 heteroatoms. The monoisotopic (exact) mass is 366 g/mol. The molecule has 1 spiro atoms. The SMILES string of the molecule is N[C@@H]1CN(Cc2ccccc2)C(=O)C12CC2.O=C(O)[C@H](O)[C@@H](O)C(=O)O. The number of benzene rings is 1. The molecule has 1 saturated heterocycles. The molecule has 2 aliphatic rings. The van der Waals surface area contributed by atoms with Crippen LogP contribution in [0.3, 0.4) is 0 Å². The molecule has 26 heavy (non-hydrogen) atoms. The van der Waals surface area contributed by atoms with Gasteiger partial charge in [-0.05, 0) is 18.4 Å².